The summed E-state index contributed by atoms with van der Waals surface area (Å²) in [7, 11) is 0. The zero-order valence-electron chi connectivity index (χ0n) is 13.1. The van der Waals surface area contributed by atoms with Crippen LogP contribution in [0.5, 0.6) is 0 Å². The molecule has 3 aromatic heterocycles. The van der Waals surface area contributed by atoms with Crippen molar-refractivity contribution in [1.82, 2.24) is 19.6 Å². The molecular weight excluding hydrogens is 303 g/mol. The lowest BCUT2D eigenvalue weighted by Gasteiger charge is -2.04. The zero-order chi connectivity index (χ0) is 16.5. The summed E-state index contributed by atoms with van der Waals surface area (Å²) in [4.78, 5) is 8.70. The van der Waals surface area contributed by atoms with Gasteiger partial charge in [0.15, 0.2) is 5.65 Å². The Labute approximate surface area is 138 Å². The average molecular weight is 318 g/mol. The van der Waals surface area contributed by atoms with Gasteiger partial charge in [0.2, 0.25) is 0 Å². The Bertz CT molecular complexity index is 991. The van der Waals surface area contributed by atoms with E-state index in [9.17, 15) is 4.39 Å². The molecule has 3 heterocycles. The minimum Gasteiger partial charge on any atom is -0.264 e. The van der Waals surface area contributed by atoms with E-state index in [2.05, 4.69) is 16.9 Å². The number of halogens is 1. The van der Waals surface area contributed by atoms with Crippen LogP contribution in [0, 0.1) is 5.82 Å². The molecule has 118 valence electrons. The standard InChI is InChI=1S/C19H15FN4/c1-2-16-18(13-5-7-15(20)8-6-13)19-22-11-9-17(24(19)23-16)14-4-3-10-21-12-14/h3-12H,2H2,1H3. The Morgan fingerprint density at radius 2 is 1.83 bits per heavy atom. The molecule has 0 aliphatic heterocycles. The highest BCUT2D eigenvalue weighted by molar-refractivity contribution is 5.81. The topological polar surface area (TPSA) is 43.1 Å². The first kappa shape index (κ1) is 14.5. The summed E-state index contributed by atoms with van der Waals surface area (Å²) in [6, 6.07) is 12.3. The quantitative estimate of drug-likeness (QED) is 0.569. The summed E-state index contributed by atoms with van der Waals surface area (Å²) in [5.74, 6) is -0.253. The third kappa shape index (κ3) is 2.34. The number of hydrogen-bond donors (Lipinski definition) is 0. The Morgan fingerprint density at radius 1 is 1.00 bits per heavy atom. The summed E-state index contributed by atoms with van der Waals surface area (Å²) in [6.07, 6.45) is 6.08. The zero-order valence-corrected chi connectivity index (χ0v) is 13.1. The molecule has 4 aromatic rings. The van der Waals surface area contributed by atoms with E-state index >= 15 is 0 Å². The molecule has 24 heavy (non-hydrogen) atoms. The number of hydrogen-bond acceptors (Lipinski definition) is 3. The average Bonchev–Trinajstić information content (AvgIpc) is 3.02. The van der Waals surface area contributed by atoms with E-state index in [1.54, 1.807) is 30.7 Å². The van der Waals surface area contributed by atoms with E-state index in [0.717, 1.165) is 40.1 Å². The first-order chi connectivity index (χ1) is 11.8. The molecule has 0 unspecified atom stereocenters. The fourth-order valence-electron chi connectivity index (χ4n) is 2.88. The molecule has 0 aliphatic carbocycles. The molecule has 0 amide bonds. The predicted molar refractivity (Wildman–Crippen MR) is 91.0 cm³/mol. The first-order valence-corrected chi connectivity index (χ1v) is 7.81. The Balaban J connectivity index is 2.00. The SMILES string of the molecule is CCc1nn2c(-c3cccnc3)ccnc2c1-c1ccc(F)cc1. The number of nitrogens with zero attached hydrogens (tertiary/aromatic N) is 4. The lowest BCUT2D eigenvalue weighted by Crippen LogP contribution is -1.96. The summed E-state index contributed by atoms with van der Waals surface area (Å²) in [6.45, 7) is 2.05. The second kappa shape index (κ2) is 5.85. The molecule has 0 saturated heterocycles. The number of pyridine rings is 1. The van der Waals surface area contributed by atoms with E-state index in [-0.39, 0.29) is 5.82 Å². The van der Waals surface area contributed by atoms with Crippen LogP contribution in [0.1, 0.15) is 12.6 Å². The van der Waals surface area contributed by atoms with Crippen LogP contribution < -0.4 is 0 Å². The van der Waals surface area contributed by atoms with Gasteiger partial charge in [-0.15, -0.1) is 0 Å². The van der Waals surface area contributed by atoms with Crippen molar-refractivity contribution in [3.05, 3.63) is 72.6 Å². The van der Waals surface area contributed by atoms with Crippen molar-refractivity contribution in [2.24, 2.45) is 0 Å². The van der Waals surface area contributed by atoms with Crippen molar-refractivity contribution in [1.29, 1.82) is 0 Å². The molecule has 0 atom stereocenters. The predicted octanol–water partition coefficient (Wildman–Crippen LogP) is 4.16. The molecule has 1 aromatic carbocycles. The second-order valence-corrected chi connectivity index (χ2v) is 5.49. The fourth-order valence-corrected chi connectivity index (χ4v) is 2.88. The second-order valence-electron chi connectivity index (χ2n) is 5.49. The maximum atomic E-state index is 13.3. The normalized spacial score (nSPS) is 11.1. The molecule has 0 spiro atoms. The monoisotopic (exact) mass is 318 g/mol. The van der Waals surface area contributed by atoms with Gasteiger partial charge in [-0.3, -0.25) is 4.98 Å². The molecule has 0 saturated carbocycles. The Hall–Kier alpha value is -3.08. The number of aromatic nitrogens is 4. The van der Waals surface area contributed by atoms with Crippen LogP contribution in [-0.2, 0) is 6.42 Å². The molecular formula is C19H15FN4. The van der Waals surface area contributed by atoms with Gasteiger partial charge in [0, 0.05) is 29.7 Å². The van der Waals surface area contributed by atoms with Crippen LogP contribution in [0.4, 0.5) is 4.39 Å². The molecule has 0 radical (unpaired) electrons. The van der Waals surface area contributed by atoms with E-state index < -0.39 is 0 Å². The van der Waals surface area contributed by atoms with E-state index in [4.69, 9.17) is 5.10 Å². The third-order valence-electron chi connectivity index (χ3n) is 4.02. The van der Waals surface area contributed by atoms with Crippen LogP contribution in [0.3, 0.4) is 0 Å². The number of fused-ring (bicyclic) bond motifs is 1. The van der Waals surface area contributed by atoms with E-state index in [0.29, 0.717) is 0 Å². The molecule has 0 aliphatic rings. The van der Waals surface area contributed by atoms with E-state index in [1.807, 2.05) is 22.7 Å². The fraction of sp³-hybridized carbons (Fsp3) is 0.105. The van der Waals surface area contributed by atoms with E-state index in [1.165, 1.54) is 12.1 Å². The van der Waals surface area contributed by atoms with Gasteiger partial charge in [-0.25, -0.2) is 13.9 Å². The van der Waals surface area contributed by atoms with Gasteiger partial charge < -0.3 is 0 Å². The minimum absolute atomic E-state index is 0.253. The molecule has 5 heteroatoms. The summed E-state index contributed by atoms with van der Waals surface area (Å²) in [5, 5.41) is 4.74. The molecule has 4 rings (SSSR count). The molecule has 0 bridgehead atoms. The van der Waals surface area contributed by atoms with Crippen molar-refractivity contribution in [3.63, 3.8) is 0 Å². The largest absolute Gasteiger partial charge is 0.264 e. The van der Waals surface area contributed by atoms with Crippen molar-refractivity contribution >= 4 is 5.65 Å². The first-order valence-electron chi connectivity index (χ1n) is 7.81. The highest BCUT2D eigenvalue weighted by Crippen LogP contribution is 2.30. The summed E-state index contributed by atoms with van der Waals surface area (Å²) in [5.41, 5.74) is 5.46. The van der Waals surface area contributed by atoms with Crippen LogP contribution in [0.25, 0.3) is 28.0 Å². The van der Waals surface area contributed by atoms with Crippen LogP contribution in [-0.4, -0.2) is 19.6 Å². The Morgan fingerprint density at radius 3 is 2.54 bits per heavy atom. The van der Waals surface area contributed by atoms with Crippen molar-refractivity contribution < 1.29 is 4.39 Å². The highest BCUT2D eigenvalue weighted by Gasteiger charge is 2.17. The summed E-state index contributed by atoms with van der Waals surface area (Å²) < 4.78 is 15.1. The summed E-state index contributed by atoms with van der Waals surface area (Å²) >= 11 is 0. The number of rotatable bonds is 3. The van der Waals surface area contributed by atoms with Gasteiger partial charge >= 0.3 is 0 Å². The van der Waals surface area contributed by atoms with Crippen molar-refractivity contribution in [2.75, 3.05) is 0 Å². The molecule has 0 N–H and O–H groups in total. The van der Waals surface area contributed by atoms with Gasteiger partial charge in [0.05, 0.1) is 11.4 Å². The highest BCUT2D eigenvalue weighted by atomic mass is 19.1. The van der Waals surface area contributed by atoms with Crippen LogP contribution in [0.15, 0.2) is 61.1 Å². The maximum Gasteiger partial charge on any atom is 0.163 e. The lowest BCUT2D eigenvalue weighted by atomic mass is 10.0. The molecule has 4 nitrogen and oxygen atoms in total. The van der Waals surface area contributed by atoms with Gasteiger partial charge in [-0.05, 0) is 42.3 Å². The van der Waals surface area contributed by atoms with Crippen LogP contribution >= 0.6 is 0 Å². The minimum atomic E-state index is -0.253. The number of aryl methyl sites for hydroxylation is 1. The van der Waals surface area contributed by atoms with Crippen molar-refractivity contribution in [2.45, 2.75) is 13.3 Å². The Kier molecular flexibility index (Phi) is 3.54. The van der Waals surface area contributed by atoms with Crippen LogP contribution in [0.2, 0.25) is 0 Å². The maximum absolute atomic E-state index is 13.3. The van der Waals surface area contributed by atoms with Gasteiger partial charge in [0.25, 0.3) is 0 Å². The third-order valence-corrected chi connectivity index (χ3v) is 4.02. The lowest BCUT2D eigenvalue weighted by molar-refractivity contribution is 0.628. The van der Waals surface area contributed by atoms with Crippen molar-refractivity contribution in [3.8, 4) is 22.4 Å². The van der Waals surface area contributed by atoms with Gasteiger partial charge in [0.1, 0.15) is 5.82 Å². The van der Waals surface area contributed by atoms with Gasteiger partial charge in [-0.1, -0.05) is 19.1 Å². The van der Waals surface area contributed by atoms with Gasteiger partial charge in [-0.2, -0.15) is 5.10 Å². The smallest absolute Gasteiger partial charge is 0.163 e. The number of benzene rings is 1. The molecule has 0 fully saturated rings.